The fourth-order valence-corrected chi connectivity index (χ4v) is 3.40. The molecule has 8 heteroatoms. The lowest BCUT2D eigenvalue weighted by molar-refractivity contribution is 0.0600. The summed E-state index contributed by atoms with van der Waals surface area (Å²) in [6, 6.07) is 6.29. The molecular formula is C16H16N2O4S2. The van der Waals surface area contributed by atoms with Gasteiger partial charge in [0.05, 0.1) is 18.2 Å². The highest BCUT2D eigenvalue weighted by Crippen LogP contribution is 2.33. The molecule has 6 nitrogen and oxygen atoms in total. The number of carbonyl (C=O) groups excluding carboxylic acids is 1. The van der Waals surface area contributed by atoms with Gasteiger partial charge in [-0.2, -0.15) is 0 Å². The number of thiocarbonyl (C=S) groups is 1. The van der Waals surface area contributed by atoms with Crippen molar-refractivity contribution in [2.75, 3.05) is 17.7 Å². The predicted octanol–water partition coefficient (Wildman–Crippen LogP) is 3.66. The van der Waals surface area contributed by atoms with Crippen LogP contribution in [-0.2, 0) is 4.74 Å². The average Bonchev–Trinajstić information content (AvgIpc) is 2.81. The minimum absolute atomic E-state index is 0.154. The van der Waals surface area contributed by atoms with E-state index in [1.165, 1.54) is 30.6 Å². The molecule has 0 spiro atoms. The molecule has 0 saturated carbocycles. The van der Waals surface area contributed by atoms with Crippen molar-refractivity contribution >= 4 is 51.3 Å². The van der Waals surface area contributed by atoms with E-state index in [0.29, 0.717) is 16.3 Å². The summed E-state index contributed by atoms with van der Waals surface area (Å²) in [5, 5.41) is 15.7. The smallest absolute Gasteiger partial charge is 0.341 e. The summed E-state index contributed by atoms with van der Waals surface area (Å²) in [6.07, 6.45) is 0. The highest BCUT2D eigenvalue weighted by Gasteiger charge is 2.20. The summed E-state index contributed by atoms with van der Waals surface area (Å²) in [4.78, 5) is 23.9. The Hall–Kier alpha value is -2.45. The van der Waals surface area contributed by atoms with Gasteiger partial charge in [0.15, 0.2) is 5.11 Å². The fraction of sp³-hybridized carbons (Fsp3) is 0.188. The first-order valence-corrected chi connectivity index (χ1v) is 8.15. The Kier molecular flexibility index (Phi) is 5.53. The van der Waals surface area contributed by atoms with E-state index in [1.54, 1.807) is 12.1 Å². The fourth-order valence-electron chi connectivity index (χ4n) is 2.06. The van der Waals surface area contributed by atoms with Crippen LogP contribution in [0.25, 0.3) is 0 Å². The number of carbonyl (C=O) groups is 2. The lowest BCUT2D eigenvalue weighted by atomic mass is 10.1. The van der Waals surface area contributed by atoms with Crippen molar-refractivity contribution in [3.05, 3.63) is 45.8 Å². The number of rotatable bonds is 4. The molecule has 0 fully saturated rings. The van der Waals surface area contributed by atoms with Crippen molar-refractivity contribution in [1.82, 2.24) is 0 Å². The summed E-state index contributed by atoms with van der Waals surface area (Å²) in [7, 11) is 1.33. The monoisotopic (exact) mass is 364 g/mol. The number of benzene rings is 1. The maximum absolute atomic E-state index is 11.9. The topological polar surface area (TPSA) is 87.7 Å². The van der Waals surface area contributed by atoms with Crippen LogP contribution in [0, 0.1) is 13.8 Å². The van der Waals surface area contributed by atoms with Crippen LogP contribution in [0.3, 0.4) is 0 Å². The summed E-state index contributed by atoms with van der Waals surface area (Å²) in [5.41, 5.74) is 1.98. The number of anilines is 2. The summed E-state index contributed by atoms with van der Waals surface area (Å²) < 4.78 is 4.81. The standard InChI is InChI=1S/C16H16N2O4S2/c1-8-9(2)24-13(12(8)15(21)22-3)18-16(23)17-11-6-4-5-10(7-11)14(19)20/h4-7H,1-3H3,(H,19,20)(H2,17,18,23). The number of methoxy groups -OCH3 is 1. The molecule has 2 rings (SSSR count). The van der Waals surface area contributed by atoms with Crippen molar-refractivity contribution in [1.29, 1.82) is 0 Å². The zero-order valence-corrected chi connectivity index (χ0v) is 14.9. The van der Waals surface area contributed by atoms with Crippen LogP contribution in [0.5, 0.6) is 0 Å². The molecule has 1 heterocycles. The van der Waals surface area contributed by atoms with E-state index in [2.05, 4.69) is 10.6 Å². The van der Waals surface area contributed by atoms with E-state index >= 15 is 0 Å². The van der Waals surface area contributed by atoms with Gasteiger partial charge in [0.1, 0.15) is 5.00 Å². The van der Waals surface area contributed by atoms with E-state index in [-0.39, 0.29) is 10.7 Å². The van der Waals surface area contributed by atoms with E-state index in [0.717, 1.165) is 10.4 Å². The molecule has 0 radical (unpaired) electrons. The molecule has 1 aromatic heterocycles. The number of esters is 1. The first kappa shape index (κ1) is 17.9. The number of hydrogen-bond acceptors (Lipinski definition) is 5. The van der Waals surface area contributed by atoms with Gasteiger partial charge in [-0.05, 0) is 49.8 Å². The molecule has 0 bridgehead atoms. The predicted molar refractivity (Wildman–Crippen MR) is 98.4 cm³/mol. The number of carboxylic acids is 1. The van der Waals surface area contributed by atoms with Crippen LogP contribution >= 0.6 is 23.6 Å². The van der Waals surface area contributed by atoms with Gasteiger partial charge in [-0.3, -0.25) is 0 Å². The summed E-state index contributed by atoms with van der Waals surface area (Å²) in [6.45, 7) is 3.75. The van der Waals surface area contributed by atoms with E-state index in [9.17, 15) is 9.59 Å². The first-order chi connectivity index (χ1) is 11.3. The van der Waals surface area contributed by atoms with Gasteiger partial charge < -0.3 is 20.5 Å². The van der Waals surface area contributed by atoms with Crippen molar-refractivity contribution in [3.63, 3.8) is 0 Å². The van der Waals surface area contributed by atoms with E-state index in [4.69, 9.17) is 22.1 Å². The van der Waals surface area contributed by atoms with Crippen LogP contribution in [0.15, 0.2) is 24.3 Å². The minimum atomic E-state index is -1.02. The third-order valence-electron chi connectivity index (χ3n) is 3.37. The van der Waals surface area contributed by atoms with Crippen LogP contribution in [0.1, 0.15) is 31.2 Å². The Morgan fingerprint density at radius 2 is 1.96 bits per heavy atom. The van der Waals surface area contributed by atoms with Crippen molar-refractivity contribution in [2.24, 2.45) is 0 Å². The van der Waals surface area contributed by atoms with Gasteiger partial charge in [0.25, 0.3) is 0 Å². The molecule has 126 valence electrons. The number of thiophene rings is 1. The number of aromatic carboxylic acids is 1. The molecule has 0 aliphatic carbocycles. The molecule has 0 saturated heterocycles. The number of ether oxygens (including phenoxy) is 1. The Morgan fingerprint density at radius 1 is 1.25 bits per heavy atom. The first-order valence-electron chi connectivity index (χ1n) is 6.93. The second kappa shape index (κ2) is 7.41. The van der Waals surface area contributed by atoms with Gasteiger partial charge in [0.2, 0.25) is 0 Å². The number of nitrogens with one attached hydrogen (secondary N) is 2. The Balaban J connectivity index is 2.19. The number of hydrogen-bond donors (Lipinski definition) is 3. The molecule has 0 aliphatic heterocycles. The van der Waals surface area contributed by atoms with Crippen LogP contribution in [-0.4, -0.2) is 29.3 Å². The quantitative estimate of drug-likeness (QED) is 0.564. The average molecular weight is 364 g/mol. The molecule has 1 aromatic carbocycles. The van der Waals surface area contributed by atoms with Crippen molar-refractivity contribution < 1.29 is 19.4 Å². The molecule has 0 unspecified atom stereocenters. The molecule has 24 heavy (non-hydrogen) atoms. The molecule has 2 aromatic rings. The van der Waals surface area contributed by atoms with Crippen molar-refractivity contribution in [3.8, 4) is 0 Å². The van der Waals surface area contributed by atoms with Gasteiger partial charge >= 0.3 is 11.9 Å². The van der Waals surface area contributed by atoms with Crippen LogP contribution in [0.4, 0.5) is 10.7 Å². The van der Waals surface area contributed by atoms with Gasteiger partial charge in [-0.1, -0.05) is 6.07 Å². The number of carboxylic acid groups (broad SMARTS) is 1. The van der Waals surface area contributed by atoms with Gasteiger partial charge in [-0.15, -0.1) is 11.3 Å². The minimum Gasteiger partial charge on any atom is -0.478 e. The molecule has 0 atom stereocenters. The Labute approximate surface area is 148 Å². The second-order valence-corrected chi connectivity index (χ2v) is 6.58. The lowest BCUT2D eigenvalue weighted by Crippen LogP contribution is -2.20. The van der Waals surface area contributed by atoms with Gasteiger partial charge in [0, 0.05) is 10.6 Å². The molecule has 0 amide bonds. The molecule has 0 aliphatic rings. The van der Waals surface area contributed by atoms with Gasteiger partial charge in [-0.25, -0.2) is 9.59 Å². The highest BCUT2D eigenvalue weighted by molar-refractivity contribution is 7.80. The largest absolute Gasteiger partial charge is 0.478 e. The third-order valence-corrected chi connectivity index (χ3v) is 4.70. The number of aryl methyl sites for hydroxylation is 1. The maximum atomic E-state index is 11.9. The third kappa shape index (κ3) is 3.90. The van der Waals surface area contributed by atoms with Crippen LogP contribution < -0.4 is 10.6 Å². The summed E-state index contributed by atoms with van der Waals surface area (Å²) >= 11 is 6.64. The zero-order chi connectivity index (χ0) is 17.9. The maximum Gasteiger partial charge on any atom is 0.341 e. The van der Waals surface area contributed by atoms with Crippen LogP contribution in [0.2, 0.25) is 0 Å². The van der Waals surface area contributed by atoms with Crippen molar-refractivity contribution in [2.45, 2.75) is 13.8 Å². The Morgan fingerprint density at radius 3 is 2.58 bits per heavy atom. The highest BCUT2D eigenvalue weighted by atomic mass is 32.1. The normalized spacial score (nSPS) is 10.1. The van der Waals surface area contributed by atoms with E-state index in [1.807, 2.05) is 13.8 Å². The SMILES string of the molecule is COC(=O)c1c(NC(=S)Nc2cccc(C(=O)O)c2)sc(C)c1C. The summed E-state index contributed by atoms with van der Waals surface area (Å²) in [5.74, 6) is -1.45. The molecular weight excluding hydrogens is 348 g/mol. The zero-order valence-electron chi connectivity index (χ0n) is 13.3. The Bertz CT molecular complexity index is 814. The molecule has 3 N–H and O–H groups in total. The lowest BCUT2D eigenvalue weighted by Gasteiger charge is -2.11. The van der Waals surface area contributed by atoms with E-state index < -0.39 is 11.9 Å². The second-order valence-electron chi connectivity index (χ2n) is 4.94.